The summed E-state index contributed by atoms with van der Waals surface area (Å²) in [4.78, 5) is 9.87. The third-order valence-corrected chi connectivity index (χ3v) is 6.84. The van der Waals surface area contributed by atoms with Crippen LogP contribution in [0, 0.1) is 20.8 Å². The number of likely N-dealkylation sites (N-methyl/N-ethyl adjacent to an activating group) is 1. The van der Waals surface area contributed by atoms with Crippen LogP contribution < -0.4 is 15.4 Å². The van der Waals surface area contributed by atoms with Gasteiger partial charge in [0.1, 0.15) is 30.0 Å². The van der Waals surface area contributed by atoms with Gasteiger partial charge in [-0.05, 0) is 72.7 Å². The topological polar surface area (TPSA) is 115 Å². The Kier molecular flexibility index (Phi) is 8.69. The van der Waals surface area contributed by atoms with Crippen molar-refractivity contribution in [3.05, 3.63) is 40.2 Å². The Morgan fingerprint density at radius 2 is 1.89 bits per heavy atom. The van der Waals surface area contributed by atoms with Crippen LogP contribution in [-0.4, -0.2) is 64.8 Å². The van der Waals surface area contributed by atoms with E-state index in [1.54, 1.807) is 25.2 Å². The molecule has 1 aliphatic heterocycles. The second-order valence-electron chi connectivity index (χ2n) is 9.80. The molecule has 1 aromatic carbocycles. The van der Waals surface area contributed by atoms with Crippen LogP contribution in [0.3, 0.4) is 0 Å². The zero-order valence-electron chi connectivity index (χ0n) is 22.3. The summed E-state index contributed by atoms with van der Waals surface area (Å²) in [5, 5.41) is 21.3. The molecule has 200 valence electrons. The number of hydrogen-bond donors (Lipinski definition) is 3. The quantitative estimate of drug-likeness (QED) is 0.362. The van der Waals surface area contributed by atoms with Crippen molar-refractivity contribution >= 4 is 17.4 Å². The molecule has 9 nitrogen and oxygen atoms in total. The minimum atomic E-state index is -0.633. The monoisotopic (exact) mass is 529 g/mol. The van der Waals surface area contributed by atoms with Crippen molar-refractivity contribution < 1.29 is 19.1 Å². The number of aliphatic hydroxyl groups is 1. The lowest BCUT2D eigenvalue weighted by Gasteiger charge is -2.33. The summed E-state index contributed by atoms with van der Waals surface area (Å²) in [6, 6.07) is 5.53. The van der Waals surface area contributed by atoms with Crippen LogP contribution in [0.15, 0.2) is 22.7 Å². The summed E-state index contributed by atoms with van der Waals surface area (Å²) in [6.45, 7) is 10.6. The number of nitrogens with one attached hydrogen (secondary N) is 2. The maximum absolute atomic E-state index is 10.0. The largest absolute Gasteiger partial charge is 0.491 e. The van der Waals surface area contributed by atoms with Gasteiger partial charge in [0.05, 0.1) is 34.2 Å². The Morgan fingerprint density at radius 1 is 1.16 bits per heavy atom. The highest BCUT2D eigenvalue weighted by Gasteiger charge is 2.27. The van der Waals surface area contributed by atoms with E-state index in [1.807, 2.05) is 20.8 Å². The van der Waals surface area contributed by atoms with Crippen LogP contribution in [0.4, 0.5) is 5.82 Å². The minimum absolute atomic E-state index is 0.147. The first kappa shape index (κ1) is 27.3. The lowest BCUT2D eigenvalue weighted by Crippen LogP contribution is -2.37. The predicted molar refractivity (Wildman–Crippen MR) is 144 cm³/mol. The molecule has 1 saturated heterocycles. The average molecular weight is 530 g/mol. The van der Waals surface area contributed by atoms with E-state index in [-0.39, 0.29) is 24.9 Å². The molecule has 0 saturated carbocycles. The maximum atomic E-state index is 10.0. The van der Waals surface area contributed by atoms with E-state index in [0.29, 0.717) is 34.5 Å². The van der Waals surface area contributed by atoms with Gasteiger partial charge >= 0.3 is 0 Å². The lowest BCUT2D eigenvalue weighted by atomic mass is 9.99. The van der Waals surface area contributed by atoms with Gasteiger partial charge in [-0.25, -0.2) is 9.97 Å². The third-order valence-electron chi connectivity index (χ3n) is 6.52. The lowest BCUT2D eigenvalue weighted by molar-refractivity contribution is -0.0338. The highest BCUT2D eigenvalue weighted by Crippen LogP contribution is 2.36. The van der Waals surface area contributed by atoms with Gasteiger partial charge in [0.15, 0.2) is 5.82 Å². The number of benzene rings is 1. The van der Waals surface area contributed by atoms with Crippen molar-refractivity contribution in [3.8, 4) is 28.4 Å². The van der Waals surface area contributed by atoms with Crippen molar-refractivity contribution in [3.63, 3.8) is 0 Å². The predicted octanol–water partition coefficient (Wildman–Crippen LogP) is 4.70. The Bertz CT molecular complexity index is 1200. The fourth-order valence-electron chi connectivity index (χ4n) is 4.81. The number of halogens is 1. The molecule has 0 amide bonds. The van der Waals surface area contributed by atoms with Crippen molar-refractivity contribution in [1.82, 2.24) is 20.4 Å². The molecular weight excluding hydrogens is 494 g/mol. The van der Waals surface area contributed by atoms with Crippen molar-refractivity contribution in [2.45, 2.75) is 71.8 Å². The third kappa shape index (κ3) is 6.41. The summed E-state index contributed by atoms with van der Waals surface area (Å²) in [7, 11) is 1.78. The van der Waals surface area contributed by atoms with E-state index < -0.39 is 6.10 Å². The van der Waals surface area contributed by atoms with Crippen molar-refractivity contribution in [1.29, 1.82) is 0 Å². The fraction of sp³-hybridized carbons (Fsp3) is 0.519. The Hall–Kier alpha value is -2.72. The maximum Gasteiger partial charge on any atom is 0.163 e. The van der Waals surface area contributed by atoms with Gasteiger partial charge in [-0.15, -0.1) is 0 Å². The van der Waals surface area contributed by atoms with Crippen LogP contribution in [0.5, 0.6) is 5.75 Å². The Morgan fingerprint density at radius 3 is 2.54 bits per heavy atom. The van der Waals surface area contributed by atoms with E-state index in [0.717, 1.165) is 41.2 Å². The molecule has 0 spiro atoms. The normalized spacial score (nSPS) is 20.6. The number of ether oxygens (including phenoxy) is 2. The van der Waals surface area contributed by atoms with E-state index in [2.05, 4.69) is 29.6 Å². The second kappa shape index (κ2) is 11.8. The van der Waals surface area contributed by atoms with Crippen LogP contribution in [-0.2, 0) is 4.74 Å². The highest BCUT2D eigenvalue weighted by molar-refractivity contribution is 6.33. The van der Waals surface area contributed by atoms with Crippen LogP contribution in [0.2, 0.25) is 5.02 Å². The molecule has 3 N–H and O–H groups in total. The van der Waals surface area contributed by atoms with Crippen molar-refractivity contribution in [2.24, 2.45) is 0 Å². The molecule has 0 aliphatic carbocycles. The molecule has 1 unspecified atom stereocenters. The summed E-state index contributed by atoms with van der Waals surface area (Å²) >= 11 is 6.64. The number of aromatic nitrogens is 3. The molecule has 2 aromatic heterocycles. The molecule has 37 heavy (non-hydrogen) atoms. The number of nitrogens with zero attached hydrogens (tertiary/aromatic N) is 3. The first-order chi connectivity index (χ1) is 17.7. The van der Waals surface area contributed by atoms with Gasteiger partial charge in [-0.1, -0.05) is 16.8 Å². The summed E-state index contributed by atoms with van der Waals surface area (Å²) in [6.07, 6.45) is 1.44. The smallest absolute Gasteiger partial charge is 0.163 e. The summed E-state index contributed by atoms with van der Waals surface area (Å²) in [5.74, 6) is 2.45. The Labute approximate surface area is 222 Å². The van der Waals surface area contributed by atoms with E-state index >= 15 is 0 Å². The molecule has 0 bridgehead atoms. The fourth-order valence-corrected chi connectivity index (χ4v) is 5.01. The van der Waals surface area contributed by atoms with Gasteiger partial charge < -0.3 is 29.7 Å². The minimum Gasteiger partial charge on any atom is -0.491 e. The standard InChI is InChI=1S/C27H36ClN5O4/c1-14-9-19(10-15(2)36-14)30-26-16(3)25(24-17(4)33-37-18(24)5)31-27(32-26)22-11-21(7-8-23(22)28)35-13-20(34)12-29-6/h7-8,11,14-15,19-20,29,34H,9-10,12-13H2,1-6H3,(H,30,31,32)/t14-,15+,19?,20-/m1/s1. The van der Waals surface area contributed by atoms with E-state index in [1.165, 1.54) is 0 Å². The average Bonchev–Trinajstić information content (AvgIpc) is 3.17. The molecule has 10 heteroatoms. The molecule has 1 fully saturated rings. The SMILES string of the molecule is CNC[C@@H](O)COc1ccc(Cl)c(-c2nc(NC3C[C@@H](C)O[C@@H](C)C3)c(C)c(-c3c(C)noc3C)n2)c1. The van der Waals surface area contributed by atoms with Crippen LogP contribution in [0.25, 0.3) is 22.6 Å². The molecule has 3 heterocycles. The van der Waals surface area contributed by atoms with Crippen LogP contribution >= 0.6 is 11.6 Å². The van der Waals surface area contributed by atoms with Crippen molar-refractivity contribution in [2.75, 3.05) is 25.5 Å². The molecular formula is C27H36ClN5O4. The van der Waals surface area contributed by atoms with Crippen LogP contribution in [0.1, 0.15) is 43.7 Å². The molecule has 1 aliphatic rings. The number of hydrogen-bond acceptors (Lipinski definition) is 9. The van der Waals surface area contributed by atoms with Gasteiger partial charge in [0.25, 0.3) is 0 Å². The molecule has 4 atom stereocenters. The van der Waals surface area contributed by atoms with Gasteiger partial charge in [-0.3, -0.25) is 0 Å². The second-order valence-corrected chi connectivity index (χ2v) is 10.2. The zero-order chi connectivity index (χ0) is 26.7. The van der Waals surface area contributed by atoms with Gasteiger partial charge in [-0.2, -0.15) is 0 Å². The first-order valence-corrected chi connectivity index (χ1v) is 13.0. The Balaban J connectivity index is 1.76. The number of anilines is 1. The number of aliphatic hydroxyl groups excluding tert-OH is 1. The van der Waals surface area contributed by atoms with Gasteiger partial charge in [0, 0.05) is 23.7 Å². The van der Waals surface area contributed by atoms with E-state index in [4.69, 9.17) is 35.6 Å². The van der Waals surface area contributed by atoms with Gasteiger partial charge in [0.2, 0.25) is 0 Å². The number of rotatable bonds is 9. The molecule has 4 rings (SSSR count). The zero-order valence-corrected chi connectivity index (χ0v) is 23.0. The highest BCUT2D eigenvalue weighted by atomic mass is 35.5. The first-order valence-electron chi connectivity index (χ1n) is 12.7. The summed E-state index contributed by atoms with van der Waals surface area (Å²) in [5.41, 5.74) is 3.88. The molecule has 0 radical (unpaired) electrons. The number of aryl methyl sites for hydroxylation is 2. The molecule has 3 aromatic rings. The van der Waals surface area contributed by atoms with E-state index in [9.17, 15) is 5.11 Å². The summed E-state index contributed by atoms with van der Waals surface area (Å²) < 4.78 is 17.2.